The van der Waals surface area contributed by atoms with Crippen LogP contribution in [0.2, 0.25) is 0 Å². The van der Waals surface area contributed by atoms with Crippen molar-refractivity contribution < 1.29 is 20.5 Å². The number of allylic oxidation sites excluding steroid dienone is 2. The Morgan fingerprint density at radius 2 is 1.14 bits per heavy atom. The summed E-state index contributed by atoms with van der Waals surface area (Å²) >= 11 is -3.45. The van der Waals surface area contributed by atoms with Crippen molar-refractivity contribution >= 4 is 11.4 Å². The predicted octanol–water partition coefficient (Wildman–Crippen LogP) is 2.59. The van der Waals surface area contributed by atoms with Crippen molar-refractivity contribution in [1.29, 1.82) is 0 Å². The van der Waals surface area contributed by atoms with E-state index in [4.69, 9.17) is 9.98 Å². The SMILES string of the molecule is CC1=N[C](C)([Hf]([N](C)C)([N](C)C)[C]2(C)C=CC(C)=N2)C=C1. The number of nitrogens with zero attached hydrogens (tertiary/aromatic N) is 4. The van der Waals surface area contributed by atoms with Crippen LogP contribution in [0, 0.1) is 0 Å². The summed E-state index contributed by atoms with van der Waals surface area (Å²) in [7, 11) is 8.86. The van der Waals surface area contributed by atoms with Crippen LogP contribution < -0.4 is 0 Å². The van der Waals surface area contributed by atoms with Crippen LogP contribution in [0.3, 0.4) is 0 Å². The first-order valence-corrected chi connectivity index (χ1v) is 14.3. The van der Waals surface area contributed by atoms with Crippen LogP contribution >= 0.6 is 0 Å². The maximum atomic E-state index is 5.07. The summed E-state index contributed by atoms with van der Waals surface area (Å²) in [6.45, 7) is 8.77. The summed E-state index contributed by atoms with van der Waals surface area (Å²) in [4.78, 5) is 10.1. The molecule has 0 aromatic heterocycles. The van der Waals surface area contributed by atoms with Crippen molar-refractivity contribution in [1.82, 2.24) is 5.78 Å². The van der Waals surface area contributed by atoms with Crippen molar-refractivity contribution in [2.24, 2.45) is 9.98 Å². The van der Waals surface area contributed by atoms with Gasteiger partial charge in [-0.05, 0) is 0 Å². The van der Waals surface area contributed by atoms with E-state index in [1.54, 1.807) is 0 Å². The molecule has 2 atom stereocenters. The van der Waals surface area contributed by atoms with E-state index in [-0.39, 0.29) is 6.59 Å². The van der Waals surface area contributed by atoms with Crippen molar-refractivity contribution in [2.75, 3.05) is 28.2 Å². The molecule has 2 unspecified atom stereocenters. The molecule has 0 aliphatic carbocycles. The van der Waals surface area contributed by atoms with E-state index in [0.29, 0.717) is 0 Å². The van der Waals surface area contributed by atoms with Crippen molar-refractivity contribution in [3.8, 4) is 0 Å². The van der Waals surface area contributed by atoms with E-state index in [1.165, 1.54) is 0 Å². The molecular weight excluding hydrogens is 427 g/mol. The molecule has 2 rings (SSSR count). The number of hydrogen-bond donors (Lipinski definition) is 0. The number of aliphatic imine (C=N–C) groups is 2. The van der Waals surface area contributed by atoms with Crippen LogP contribution in [-0.2, 0) is 20.5 Å². The van der Waals surface area contributed by atoms with E-state index >= 15 is 0 Å². The third-order valence-corrected chi connectivity index (χ3v) is 26.3. The third kappa shape index (κ3) is 2.28. The van der Waals surface area contributed by atoms with Gasteiger partial charge >= 0.3 is 135 Å². The first kappa shape index (κ1) is 17.0. The molecule has 2 heterocycles. The molecule has 0 aromatic rings. The standard InChI is InChI=1S/2C6H8N.2C2H6N.Hf/c2*1-5-3-4-6(2)7-5;2*1-3-2;/h2*3-4H,1-2H3;2*1-2H3;/q;;2*-1;+2. The second kappa shape index (κ2) is 5.36. The van der Waals surface area contributed by atoms with Crippen molar-refractivity contribution in [3.05, 3.63) is 24.3 Å². The van der Waals surface area contributed by atoms with E-state index in [1.807, 2.05) is 0 Å². The molecule has 21 heavy (non-hydrogen) atoms. The van der Waals surface area contributed by atoms with Gasteiger partial charge < -0.3 is 0 Å². The van der Waals surface area contributed by atoms with E-state index in [2.05, 4.69) is 86.0 Å². The topological polar surface area (TPSA) is 31.2 Å². The molecule has 116 valence electrons. The zero-order chi connectivity index (χ0) is 16.1. The summed E-state index contributed by atoms with van der Waals surface area (Å²) in [6.07, 6.45) is 8.96. The molecule has 5 heteroatoms. The summed E-state index contributed by atoms with van der Waals surface area (Å²) in [5.41, 5.74) is 2.24. The Hall–Kier alpha value is -0.390. The Morgan fingerprint density at radius 1 is 0.810 bits per heavy atom. The fourth-order valence-corrected chi connectivity index (χ4v) is 28.8. The normalized spacial score (nSPS) is 32.3. The first-order valence-electron chi connectivity index (χ1n) is 7.45. The second-order valence-corrected chi connectivity index (χ2v) is 25.5. The summed E-state index contributed by atoms with van der Waals surface area (Å²) < 4.78 is 4.67. The van der Waals surface area contributed by atoms with Gasteiger partial charge in [0.25, 0.3) is 0 Å². The average Bonchev–Trinajstić information content (AvgIpc) is 2.83. The van der Waals surface area contributed by atoms with E-state index in [9.17, 15) is 0 Å². The Morgan fingerprint density at radius 3 is 1.33 bits per heavy atom. The minimum atomic E-state index is -3.45. The molecule has 2 aliphatic rings. The van der Waals surface area contributed by atoms with Crippen molar-refractivity contribution in [3.63, 3.8) is 0 Å². The first-order chi connectivity index (χ1) is 9.59. The monoisotopic (exact) mass is 456 g/mol. The van der Waals surface area contributed by atoms with Gasteiger partial charge in [-0.25, -0.2) is 0 Å². The summed E-state index contributed by atoms with van der Waals surface area (Å²) in [6, 6.07) is 0. The number of hydrogen-bond acceptors (Lipinski definition) is 4. The second-order valence-electron chi connectivity index (χ2n) is 6.93. The molecule has 0 radical (unpaired) electrons. The van der Waals surface area contributed by atoms with Gasteiger partial charge in [0.15, 0.2) is 0 Å². The van der Waals surface area contributed by atoms with Gasteiger partial charge in [-0.15, -0.1) is 0 Å². The zero-order valence-electron chi connectivity index (χ0n) is 14.6. The Balaban J connectivity index is 2.73. The molecule has 0 fully saturated rings. The zero-order valence-corrected chi connectivity index (χ0v) is 18.2. The van der Waals surface area contributed by atoms with Gasteiger partial charge in [0, 0.05) is 0 Å². The van der Waals surface area contributed by atoms with Crippen LogP contribution in [0.4, 0.5) is 0 Å². The minimum absolute atomic E-state index is 0.142. The van der Waals surface area contributed by atoms with Gasteiger partial charge in [-0.1, -0.05) is 0 Å². The molecule has 0 aromatic carbocycles. The average molecular weight is 455 g/mol. The molecule has 0 saturated carbocycles. The molecule has 0 N–H and O–H groups in total. The Kier molecular flexibility index (Phi) is 4.33. The molecule has 4 nitrogen and oxygen atoms in total. The van der Waals surface area contributed by atoms with Gasteiger partial charge in [-0.2, -0.15) is 0 Å². The predicted molar refractivity (Wildman–Crippen MR) is 88.7 cm³/mol. The number of rotatable bonds is 4. The van der Waals surface area contributed by atoms with Gasteiger partial charge in [0.2, 0.25) is 0 Å². The van der Waals surface area contributed by atoms with Gasteiger partial charge in [0.05, 0.1) is 0 Å². The Labute approximate surface area is 134 Å². The van der Waals surface area contributed by atoms with Crippen LogP contribution in [-0.4, -0.2) is 52.0 Å². The van der Waals surface area contributed by atoms with E-state index in [0.717, 1.165) is 11.4 Å². The molecule has 0 saturated heterocycles. The summed E-state index contributed by atoms with van der Waals surface area (Å²) in [5, 5.41) is 0. The van der Waals surface area contributed by atoms with Crippen LogP contribution in [0.1, 0.15) is 27.7 Å². The molecule has 0 spiro atoms. The molecular formula is C16H28HfN4. The van der Waals surface area contributed by atoms with Gasteiger partial charge in [-0.3, -0.25) is 0 Å². The van der Waals surface area contributed by atoms with E-state index < -0.39 is 20.5 Å². The fourth-order valence-electron chi connectivity index (χ4n) is 4.56. The molecule has 0 amide bonds. The fraction of sp³-hybridized carbons (Fsp3) is 0.625. The van der Waals surface area contributed by atoms with Gasteiger partial charge in [0.1, 0.15) is 0 Å². The van der Waals surface area contributed by atoms with Crippen LogP contribution in [0.15, 0.2) is 34.3 Å². The quantitative estimate of drug-likeness (QED) is 0.611. The van der Waals surface area contributed by atoms with Crippen LogP contribution in [0.25, 0.3) is 0 Å². The summed E-state index contributed by atoms with van der Waals surface area (Å²) in [5.74, 6) is 0. The van der Waals surface area contributed by atoms with Crippen molar-refractivity contribution in [2.45, 2.75) is 34.3 Å². The maximum absolute atomic E-state index is 5.07. The molecule has 2 aliphatic heterocycles. The third-order valence-electron chi connectivity index (χ3n) is 4.82. The molecule has 0 bridgehead atoms. The van der Waals surface area contributed by atoms with Crippen LogP contribution in [0.5, 0.6) is 0 Å². The Bertz CT molecular complexity index is 509.